The smallest absolute Gasteiger partial charge is 0.258 e. The van der Waals surface area contributed by atoms with Gasteiger partial charge in [0.25, 0.3) is 5.69 Å². The van der Waals surface area contributed by atoms with Gasteiger partial charge in [-0.05, 0) is 29.4 Å². The molecule has 2 aromatic rings. The van der Waals surface area contributed by atoms with Gasteiger partial charge in [-0.2, -0.15) is 0 Å². The molecule has 90 valence electrons. The third-order valence-corrected chi connectivity index (χ3v) is 3.53. The van der Waals surface area contributed by atoms with Crippen LogP contribution in [0.1, 0.15) is 29.4 Å². The maximum absolute atomic E-state index is 10.8. The summed E-state index contributed by atoms with van der Waals surface area (Å²) < 4.78 is 0. The lowest BCUT2D eigenvalue weighted by atomic mass is 10.0. The van der Waals surface area contributed by atoms with E-state index >= 15 is 0 Å². The van der Waals surface area contributed by atoms with E-state index in [0.717, 1.165) is 12.0 Å². The number of nitro groups is 1. The van der Waals surface area contributed by atoms with Crippen LogP contribution in [-0.2, 0) is 0 Å². The van der Waals surface area contributed by atoms with Crippen LogP contribution < -0.4 is 0 Å². The van der Waals surface area contributed by atoms with Crippen LogP contribution in [-0.4, -0.2) is 4.92 Å². The van der Waals surface area contributed by atoms with E-state index in [-0.39, 0.29) is 10.6 Å². The summed E-state index contributed by atoms with van der Waals surface area (Å²) in [5.41, 5.74) is 2.60. The molecule has 2 unspecified atom stereocenters. The minimum absolute atomic E-state index is 0.186. The van der Waals surface area contributed by atoms with Crippen molar-refractivity contribution in [1.29, 1.82) is 0 Å². The molecule has 3 heteroatoms. The zero-order chi connectivity index (χ0) is 12.5. The highest BCUT2D eigenvalue weighted by atomic mass is 16.6. The average Bonchev–Trinajstić information content (AvgIpc) is 3.20. The van der Waals surface area contributed by atoms with Crippen molar-refractivity contribution in [3.05, 3.63) is 75.8 Å². The molecule has 18 heavy (non-hydrogen) atoms. The molecule has 1 fully saturated rings. The predicted molar refractivity (Wildman–Crippen MR) is 69.6 cm³/mol. The largest absolute Gasteiger partial charge is 0.269 e. The molecule has 3 nitrogen and oxygen atoms in total. The van der Waals surface area contributed by atoms with Crippen molar-refractivity contribution >= 4 is 5.69 Å². The highest BCUT2D eigenvalue weighted by Gasteiger charge is 2.39. The lowest BCUT2D eigenvalue weighted by Gasteiger charge is -2.01. The van der Waals surface area contributed by atoms with E-state index in [1.54, 1.807) is 18.2 Å². The van der Waals surface area contributed by atoms with Crippen molar-refractivity contribution in [2.24, 2.45) is 0 Å². The lowest BCUT2D eigenvalue weighted by molar-refractivity contribution is -0.384. The van der Waals surface area contributed by atoms with Crippen LogP contribution in [0.5, 0.6) is 0 Å². The van der Waals surface area contributed by atoms with Crippen molar-refractivity contribution in [1.82, 2.24) is 0 Å². The standard InChI is InChI=1S/C15H13NO2/c17-16(18)13-8-4-7-12(9-13)15-10-14(15)11-5-2-1-3-6-11/h1-9,14-15H,10H2. The average molecular weight is 239 g/mol. The number of nitro benzene ring substituents is 1. The summed E-state index contributed by atoms with van der Waals surface area (Å²) in [6, 6.07) is 17.3. The Morgan fingerprint density at radius 1 is 0.944 bits per heavy atom. The quantitative estimate of drug-likeness (QED) is 0.602. The summed E-state index contributed by atoms with van der Waals surface area (Å²) in [6.45, 7) is 0. The number of rotatable bonds is 3. The van der Waals surface area contributed by atoms with E-state index in [4.69, 9.17) is 0 Å². The van der Waals surface area contributed by atoms with Crippen LogP contribution in [0, 0.1) is 10.1 Å². The number of non-ortho nitro benzene ring substituents is 1. The fourth-order valence-corrected chi connectivity index (χ4v) is 2.50. The summed E-state index contributed by atoms with van der Waals surface area (Å²) in [7, 11) is 0. The maximum atomic E-state index is 10.8. The summed E-state index contributed by atoms with van der Waals surface area (Å²) in [4.78, 5) is 10.4. The Morgan fingerprint density at radius 2 is 1.61 bits per heavy atom. The number of hydrogen-bond donors (Lipinski definition) is 0. The first-order valence-electron chi connectivity index (χ1n) is 6.05. The van der Waals surface area contributed by atoms with Gasteiger partial charge in [-0.25, -0.2) is 0 Å². The second-order valence-corrected chi connectivity index (χ2v) is 4.71. The molecule has 1 saturated carbocycles. The van der Waals surface area contributed by atoms with Crippen LogP contribution >= 0.6 is 0 Å². The van der Waals surface area contributed by atoms with Crippen LogP contribution in [0.2, 0.25) is 0 Å². The van der Waals surface area contributed by atoms with Gasteiger partial charge in [-0.1, -0.05) is 42.5 Å². The highest BCUT2D eigenvalue weighted by molar-refractivity contribution is 5.42. The van der Waals surface area contributed by atoms with E-state index in [1.807, 2.05) is 24.3 Å². The van der Waals surface area contributed by atoms with E-state index in [2.05, 4.69) is 12.1 Å². The molecule has 0 aromatic heterocycles. The molecule has 0 N–H and O–H groups in total. The van der Waals surface area contributed by atoms with Crippen molar-refractivity contribution in [2.75, 3.05) is 0 Å². The van der Waals surface area contributed by atoms with E-state index in [1.165, 1.54) is 5.56 Å². The molecule has 0 amide bonds. The first kappa shape index (κ1) is 11.0. The summed E-state index contributed by atoms with van der Waals surface area (Å²) in [5.74, 6) is 0.959. The van der Waals surface area contributed by atoms with Gasteiger partial charge in [0.1, 0.15) is 0 Å². The van der Waals surface area contributed by atoms with Gasteiger partial charge in [-0.3, -0.25) is 10.1 Å². The minimum Gasteiger partial charge on any atom is -0.258 e. The summed E-state index contributed by atoms with van der Waals surface area (Å²) in [5, 5.41) is 10.8. The van der Waals surface area contributed by atoms with Gasteiger partial charge >= 0.3 is 0 Å². The van der Waals surface area contributed by atoms with E-state index < -0.39 is 0 Å². The van der Waals surface area contributed by atoms with E-state index in [9.17, 15) is 10.1 Å². The summed E-state index contributed by atoms with van der Waals surface area (Å²) in [6.07, 6.45) is 1.09. The molecule has 1 aliphatic carbocycles. The molecule has 0 bridgehead atoms. The monoisotopic (exact) mass is 239 g/mol. The van der Waals surface area contributed by atoms with Crippen molar-refractivity contribution < 1.29 is 4.92 Å². The molecule has 2 atom stereocenters. The van der Waals surface area contributed by atoms with Gasteiger partial charge < -0.3 is 0 Å². The number of nitrogens with zero attached hydrogens (tertiary/aromatic N) is 1. The highest BCUT2D eigenvalue weighted by Crippen LogP contribution is 2.54. The fraction of sp³-hybridized carbons (Fsp3) is 0.200. The Kier molecular flexibility index (Phi) is 2.59. The van der Waals surface area contributed by atoms with Crippen LogP contribution in [0.3, 0.4) is 0 Å². The molecular weight excluding hydrogens is 226 g/mol. The van der Waals surface area contributed by atoms with Crippen LogP contribution in [0.25, 0.3) is 0 Å². The molecule has 1 aliphatic rings. The summed E-state index contributed by atoms with van der Waals surface area (Å²) >= 11 is 0. The second kappa shape index (κ2) is 4.26. The Bertz CT molecular complexity index is 580. The predicted octanol–water partition coefficient (Wildman–Crippen LogP) is 3.87. The topological polar surface area (TPSA) is 43.1 Å². The maximum Gasteiger partial charge on any atom is 0.269 e. The third-order valence-electron chi connectivity index (χ3n) is 3.53. The Morgan fingerprint density at radius 3 is 2.33 bits per heavy atom. The lowest BCUT2D eigenvalue weighted by Crippen LogP contribution is -1.90. The van der Waals surface area contributed by atoms with Crippen molar-refractivity contribution in [3.63, 3.8) is 0 Å². The number of hydrogen-bond acceptors (Lipinski definition) is 2. The molecule has 0 aliphatic heterocycles. The van der Waals surface area contributed by atoms with Gasteiger partial charge in [0.15, 0.2) is 0 Å². The molecule has 0 radical (unpaired) electrons. The van der Waals surface area contributed by atoms with Gasteiger partial charge in [0.05, 0.1) is 4.92 Å². The zero-order valence-electron chi connectivity index (χ0n) is 9.82. The van der Waals surface area contributed by atoms with Crippen molar-refractivity contribution in [2.45, 2.75) is 18.3 Å². The van der Waals surface area contributed by atoms with Crippen LogP contribution in [0.15, 0.2) is 54.6 Å². The SMILES string of the molecule is O=[N+]([O-])c1cccc(C2CC2c2ccccc2)c1. The van der Waals surface area contributed by atoms with Crippen molar-refractivity contribution in [3.8, 4) is 0 Å². The second-order valence-electron chi connectivity index (χ2n) is 4.71. The third kappa shape index (κ3) is 1.99. The van der Waals surface area contributed by atoms with Gasteiger partial charge in [0.2, 0.25) is 0 Å². The molecule has 2 aromatic carbocycles. The number of benzene rings is 2. The van der Waals surface area contributed by atoms with Gasteiger partial charge in [0, 0.05) is 12.1 Å². The zero-order valence-corrected chi connectivity index (χ0v) is 9.82. The molecule has 0 heterocycles. The molecular formula is C15H13NO2. The molecule has 3 rings (SSSR count). The van der Waals surface area contributed by atoms with Gasteiger partial charge in [-0.15, -0.1) is 0 Å². The Hall–Kier alpha value is -2.16. The first-order chi connectivity index (χ1) is 8.75. The van der Waals surface area contributed by atoms with Crippen LogP contribution in [0.4, 0.5) is 5.69 Å². The Balaban J connectivity index is 1.82. The fourth-order valence-electron chi connectivity index (χ4n) is 2.50. The molecule has 0 spiro atoms. The Labute approximate surface area is 105 Å². The normalized spacial score (nSPS) is 21.6. The molecule has 0 saturated heterocycles. The van der Waals surface area contributed by atoms with E-state index in [0.29, 0.717) is 11.8 Å². The first-order valence-corrected chi connectivity index (χ1v) is 6.05. The minimum atomic E-state index is -0.330.